The molecule has 0 radical (unpaired) electrons. The molecule has 0 aliphatic carbocycles. The van der Waals surface area contributed by atoms with Crippen molar-refractivity contribution in [3.8, 4) is 0 Å². The maximum Gasteiger partial charge on any atom is 0.399 e. The number of aromatic nitrogens is 2. The molecule has 1 unspecified atom stereocenters. The van der Waals surface area contributed by atoms with Gasteiger partial charge in [0.05, 0.1) is 21.6 Å². The van der Waals surface area contributed by atoms with Crippen LogP contribution in [0.2, 0.25) is 15.1 Å². The Morgan fingerprint density at radius 1 is 1.09 bits per heavy atom. The number of carbonyl (C=O) groups excluding carboxylic acids is 1. The van der Waals surface area contributed by atoms with Crippen LogP contribution >= 0.6 is 50.7 Å². The lowest BCUT2D eigenvalue weighted by molar-refractivity contribution is -0.139. The van der Waals surface area contributed by atoms with Crippen molar-refractivity contribution in [3.63, 3.8) is 0 Å². The number of carbonyl (C=O) groups is 1. The van der Waals surface area contributed by atoms with Gasteiger partial charge in [0.15, 0.2) is 5.78 Å². The van der Waals surface area contributed by atoms with E-state index in [4.69, 9.17) is 34.8 Å². The zero-order valence-electron chi connectivity index (χ0n) is 16.8. The number of halogens is 8. The summed E-state index contributed by atoms with van der Waals surface area (Å²) in [4.78, 5) is 20.3. The highest BCUT2D eigenvalue weighted by Gasteiger charge is 2.40. The third-order valence-electron chi connectivity index (χ3n) is 4.55. The summed E-state index contributed by atoms with van der Waals surface area (Å²) < 4.78 is 56.3. The Morgan fingerprint density at radius 3 is 2.26 bits per heavy atom. The van der Waals surface area contributed by atoms with Crippen molar-refractivity contribution >= 4 is 68.3 Å². The van der Waals surface area contributed by atoms with E-state index in [1.54, 1.807) is 6.07 Å². The number of nitrogens with one attached hydrogen (secondary N) is 1. The minimum Gasteiger partial charge on any atom is -0.347 e. The summed E-state index contributed by atoms with van der Waals surface area (Å²) in [6.07, 6.45) is -1.43. The van der Waals surface area contributed by atoms with Gasteiger partial charge in [-0.1, -0.05) is 56.8 Å². The van der Waals surface area contributed by atoms with Crippen molar-refractivity contribution < 1.29 is 22.4 Å². The van der Waals surface area contributed by atoms with Gasteiger partial charge in [0.25, 0.3) is 0 Å². The van der Waals surface area contributed by atoms with Crippen LogP contribution in [0.4, 0.5) is 23.5 Å². The summed E-state index contributed by atoms with van der Waals surface area (Å²) in [6, 6.07) is 7.31. The first-order chi connectivity index (χ1) is 16.0. The molecule has 12 heteroatoms. The normalized spacial score (nSPS) is 13.0. The number of nitrogens with zero attached hydrogens (tertiary/aromatic N) is 2. The second-order valence-electron chi connectivity index (χ2n) is 6.88. The van der Waals surface area contributed by atoms with Crippen molar-refractivity contribution in [3.05, 3.63) is 91.1 Å². The second-order valence-corrected chi connectivity index (χ2v) is 8.92. The molecule has 1 N–H and O–H groups in total. The molecule has 1 heterocycles. The lowest BCUT2D eigenvalue weighted by atomic mass is 9.96. The molecule has 34 heavy (non-hydrogen) atoms. The smallest absolute Gasteiger partial charge is 0.347 e. The van der Waals surface area contributed by atoms with E-state index in [-0.39, 0.29) is 54.5 Å². The van der Waals surface area contributed by atoms with Crippen molar-refractivity contribution in [1.82, 2.24) is 9.97 Å². The highest BCUT2D eigenvalue weighted by atomic mass is 79.9. The number of benzene rings is 2. The largest absolute Gasteiger partial charge is 0.399 e. The number of anilines is 1. The Bertz CT molecular complexity index is 1220. The van der Waals surface area contributed by atoms with Crippen LogP contribution in [0.1, 0.15) is 27.4 Å². The summed E-state index contributed by atoms with van der Waals surface area (Å²) in [5.74, 6) is -3.61. The van der Waals surface area contributed by atoms with Crippen LogP contribution in [0.25, 0.3) is 5.83 Å². The maximum atomic E-state index is 14.9. The van der Waals surface area contributed by atoms with Gasteiger partial charge in [0.1, 0.15) is 11.7 Å². The molecule has 1 atom stereocenters. The van der Waals surface area contributed by atoms with Crippen molar-refractivity contribution in [1.29, 1.82) is 0 Å². The third kappa shape index (κ3) is 6.47. The number of rotatable bonds is 7. The van der Waals surface area contributed by atoms with Crippen molar-refractivity contribution in [2.45, 2.75) is 12.1 Å². The molecule has 0 aliphatic rings. The van der Waals surface area contributed by atoms with Crippen LogP contribution in [-0.2, 0) is 0 Å². The fourth-order valence-corrected chi connectivity index (χ4v) is 4.12. The summed E-state index contributed by atoms with van der Waals surface area (Å²) in [7, 11) is 0. The Morgan fingerprint density at radius 2 is 1.71 bits per heavy atom. The first-order valence-corrected chi connectivity index (χ1v) is 11.3. The van der Waals surface area contributed by atoms with Gasteiger partial charge < -0.3 is 5.32 Å². The van der Waals surface area contributed by atoms with Crippen molar-refractivity contribution in [2.75, 3.05) is 11.9 Å². The zero-order chi connectivity index (χ0) is 25.0. The Kier molecular flexibility index (Phi) is 8.57. The van der Waals surface area contributed by atoms with E-state index in [2.05, 4.69) is 31.2 Å². The summed E-state index contributed by atoms with van der Waals surface area (Å²) in [5.41, 5.74) is -0.339. The van der Waals surface area contributed by atoms with E-state index in [0.717, 1.165) is 12.1 Å². The van der Waals surface area contributed by atoms with Gasteiger partial charge in [-0.15, -0.1) is 0 Å². The number of ketones is 1. The van der Waals surface area contributed by atoms with E-state index in [9.17, 15) is 22.4 Å². The number of allylic oxidation sites excluding steroid dienone is 1. The standard InChI is InChI=1S/C22H13BrCl3F4N3O/c23-15-6-11(2-3-13(15)19(34)10-33-21-31-4-1-5-32-21)18(27)9-14(22(28,29)30)12-7-16(24)20(26)17(25)8-12/h1-9,14H,10H2,(H,31,32,33)/b18-9-. The van der Waals surface area contributed by atoms with Crippen LogP contribution in [0.5, 0.6) is 0 Å². The quantitative estimate of drug-likeness (QED) is 0.170. The topological polar surface area (TPSA) is 54.9 Å². The average molecular weight is 598 g/mol. The molecular formula is C22H13BrCl3F4N3O. The number of hydrogen-bond donors (Lipinski definition) is 1. The molecule has 0 aliphatic heterocycles. The highest BCUT2D eigenvalue weighted by molar-refractivity contribution is 9.10. The minimum atomic E-state index is -4.84. The molecule has 0 amide bonds. The first-order valence-electron chi connectivity index (χ1n) is 9.40. The van der Waals surface area contributed by atoms with Crippen LogP contribution in [0.3, 0.4) is 0 Å². The van der Waals surface area contributed by atoms with Gasteiger partial charge in [-0.3, -0.25) is 4.79 Å². The van der Waals surface area contributed by atoms with Gasteiger partial charge >= 0.3 is 6.18 Å². The second kappa shape index (κ2) is 11.0. The van der Waals surface area contributed by atoms with E-state index < -0.39 is 17.9 Å². The van der Waals surface area contributed by atoms with E-state index >= 15 is 0 Å². The highest BCUT2D eigenvalue weighted by Crippen LogP contribution is 2.42. The zero-order valence-corrected chi connectivity index (χ0v) is 20.7. The molecule has 3 rings (SSSR count). The number of alkyl halides is 3. The minimum absolute atomic E-state index is 0.102. The monoisotopic (exact) mass is 595 g/mol. The fraction of sp³-hybridized carbons (Fsp3) is 0.136. The summed E-state index contributed by atoms with van der Waals surface area (Å²) >= 11 is 20.7. The summed E-state index contributed by atoms with van der Waals surface area (Å²) in [6.45, 7) is -0.144. The molecule has 1 aromatic heterocycles. The molecule has 3 aromatic rings. The predicted octanol–water partition coefficient (Wildman–Crippen LogP) is 8.15. The lowest BCUT2D eigenvalue weighted by Gasteiger charge is -2.19. The summed E-state index contributed by atoms with van der Waals surface area (Å²) in [5, 5.41) is 2.27. The molecule has 0 fully saturated rings. The van der Waals surface area contributed by atoms with Crippen LogP contribution in [-0.4, -0.2) is 28.5 Å². The Labute approximate surface area is 215 Å². The Balaban J connectivity index is 1.86. The van der Waals surface area contributed by atoms with Gasteiger partial charge in [-0.25, -0.2) is 14.4 Å². The molecule has 0 saturated heterocycles. The van der Waals surface area contributed by atoms with E-state index in [0.29, 0.717) is 6.08 Å². The molecule has 0 saturated carbocycles. The lowest BCUT2D eigenvalue weighted by Crippen LogP contribution is -2.19. The third-order valence-corrected chi connectivity index (χ3v) is 6.40. The molecule has 2 aromatic carbocycles. The SMILES string of the molecule is O=C(CNc1ncccn1)c1ccc(/C(F)=C/C(c2cc(Cl)c(Cl)c(Cl)c2)C(F)(F)F)cc1Br. The maximum absolute atomic E-state index is 14.9. The number of Topliss-reactive ketones (excluding diaryl/α,β-unsaturated/α-hetero) is 1. The first kappa shape index (κ1) is 26.4. The predicted molar refractivity (Wildman–Crippen MR) is 128 cm³/mol. The Hall–Kier alpha value is -2.20. The molecule has 178 valence electrons. The van der Waals surface area contributed by atoms with Gasteiger partial charge in [0, 0.05) is 28.0 Å². The van der Waals surface area contributed by atoms with E-state index in [1.807, 2.05) is 0 Å². The van der Waals surface area contributed by atoms with Crippen LogP contribution in [0, 0.1) is 0 Å². The van der Waals surface area contributed by atoms with Crippen molar-refractivity contribution in [2.24, 2.45) is 0 Å². The number of hydrogen-bond acceptors (Lipinski definition) is 4. The van der Waals surface area contributed by atoms with Gasteiger partial charge in [0.2, 0.25) is 5.95 Å². The average Bonchev–Trinajstić information content (AvgIpc) is 2.78. The fourth-order valence-electron chi connectivity index (χ4n) is 2.91. The van der Waals surface area contributed by atoms with Gasteiger partial charge in [-0.2, -0.15) is 13.2 Å². The molecule has 4 nitrogen and oxygen atoms in total. The van der Waals surface area contributed by atoms with E-state index in [1.165, 1.54) is 30.6 Å². The molecular weight excluding hydrogens is 585 g/mol. The van der Waals surface area contributed by atoms with Gasteiger partial charge in [-0.05, 0) is 42.0 Å². The van der Waals surface area contributed by atoms with Crippen LogP contribution < -0.4 is 5.32 Å². The molecule has 0 spiro atoms. The van der Waals surface area contributed by atoms with Crippen LogP contribution in [0.15, 0.2) is 59.3 Å². The molecule has 0 bridgehead atoms.